The van der Waals surface area contributed by atoms with E-state index in [4.69, 9.17) is 9.47 Å². The normalized spacial score (nSPS) is 9.47. The number of rotatable bonds is 4. The summed E-state index contributed by atoms with van der Waals surface area (Å²) in [5, 5.41) is 0. The number of hydrogen-bond donors (Lipinski definition) is 0. The van der Waals surface area contributed by atoms with Gasteiger partial charge in [-0.15, -0.1) is 0 Å². The van der Waals surface area contributed by atoms with Gasteiger partial charge in [-0.3, -0.25) is 0 Å². The van der Waals surface area contributed by atoms with Gasteiger partial charge >= 0.3 is 6.16 Å². The number of hydrogen-bond acceptors (Lipinski definition) is 4. The predicted molar refractivity (Wildman–Crippen MR) is 54.8 cm³/mol. The lowest BCUT2D eigenvalue weighted by atomic mass is 10.2. The molecule has 15 heavy (non-hydrogen) atoms. The van der Waals surface area contributed by atoms with Crippen molar-refractivity contribution < 1.29 is 19.0 Å². The second-order valence-corrected chi connectivity index (χ2v) is 2.82. The van der Waals surface area contributed by atoms with Gasteiger partial charge < -0.3 is 14.2 Å². The van der Waals surface area contributed by atoms with Crippen LogP contribution in [0.5, 0.6) is 5.75 Å². The third-order valence-corrected chi connectivity index (χ3v) is 1.78. The summed E-state index contributed by atoms with van der Waals surface area (Å²) in [6.45, 7) is 2.26. The molecule has 0 saturated carbocycles. The summed E-state index contributed by atoms with van der Waals surface area (Å²) >= 11 is 0. The molecular formula is C11H14O4. The van der Waals surface area contributed by atoms with Crippen LogP contribution in [0.15, 0.2) is 24.3 Å². The van der Waals surface area contributed by atoms with Crippen molar-refractivity contribution >= 4 is 6.16 Å². The molecular weight excluding hydrogens is 196 g/mol. The van der Waals surface area contributed by atoms with E-state index in [1.165, 1.54) is 0 Å². The molecule has 1 aromatic rings. The van der Waals surface area contributed by atoms with Gasteiger partial charge in [0, 0.05) is 0 Å². The lowest BCUT2D eigenvalue weighted by Gasteiger charge is -2.05. The van der Waals surface area contributed by atoms with Gasteiger partial charge in [0.25, 0.3) is 0 Å². The highest BCUT2D eigenvalue weighted by Crippen LogP contribution is 2.11. The van der Waals surface area contributed by atoms with Crippen LogP contribution in [0.2, 0.25) is 0 Å². The number of methoxy groups -OCH3 is 1. The van der Waals surface area contributed by atoms with Crippen LogP contribution < -0.4 is 4.74 Å². The minimum absolute atomic E-state index is 0.211. The first-order valence-electron chi connectivity index (χ1n) is 4.68. The Kier molecular flexibility index (Phi) is 4.47. The van der Waals surface area contributed by atoms with Crippen LogP contribution >= 0.6 is 0 Å². The van der Waals surface area contributed by atoms with Crippen LogP contribution in [-0.2, 0) is 16.1 Å². The summed E-state index contributed by atoms with van der Waals surface area (Å²) in [5.41, 5.74) is 0.892. The molecule has 4 heteroatoms. The third kappa shape index (κ3) is 3.89. The third-order valence-electron chi connectivity index (χ3n) is 1.78. The summed E-state index contributed by atoms with van der Waals surface area (Å²) in [4.78, 5) is 10.9. The maximum absolute atomic E-state index is 10.9. The highest BCUT2D eigenvalue weighted by Gasteiger charge is 2.02. The lowest BCUT2D eigenvalue weighted by molar-refractivity contribution is 0.0536. The van der Waals surface area contributed by atoms with E-state index in [1.807, 2.05) is 24.3 Å². The summed E-state index contributed by atoms with van der Waals surface area (Å²) in [5.74, 6) is 0.773. The van der Waals surface area contributed by atoms with E-state index in [2.05, 4.69) is 4.74 Å². The number of carbonyl (C=O) groups is 1. The van der Waals surface area contributed by atoms with Gasteiger partial charge in [-0.2, -0.15) is 0 Å². The Bertz CT molecular complexity index is 305. The van der Waals surface area contributed by atoms with E-state index < -0.39 is 6.16 Å². The van der Waals surface area contributed by atoms with E-state index in [1.54, 1.807) is 14.0 Å². The zero-order chi connectivity index (χ0) is 11.1. The Balaban J connectivity index is 2.40. The number of ether oxygens (including phenoxy) is 3. The minimum Gasteiger partial charge on any atom is -0.497 e. The fourth-order valence-electron chi connectivity index (χ4n) is 1.02. The van der Waals surface area contributed by atoms with Gasteiger partial charge in [0.15, 0.2) is 0 Å². The molecule has 0 aliphatic carbocycles. The van der Waals surface area contributed by atoms with Crippen molar-refractivity contribution in [3.8, 4) is 5.75 Å². The van der Waals surface area contributed by atoms with Crippen molar-refractivity contribution in [1.29, 1.82) is 0 Å². The first-order valence-corrected chi connectivity index (χ1v) is 4.68. The fraction of sp³-hybridized carbons (Fsp3) is 0.364. The van der Waals surface area contributed by atoms with E-state index in [0.717, 1.165) is 11.3 Å². The predicted octanol–water partition coefficient (Wildman–Crippen LogP) is 2.37. The molecule has 82 valence electrons. The maximum Gasteiger partial charge on any atom is 0.508 e. The average molecular weight is 210 g/mol. The molecule has 1 rings (SSSR count). The first kappa shape index (κ1) is 11.4. The van der Waals surface area contributed by atoms with Gasteiger partial charge in [0.2, 0.25) is 0 Å². The zero-order valence-corrected chi connectivity index (χ0v) is 8.86. The van der Waals surface area contributed by atoms with E-state index >= 15 is 0 Å². The molecule has 0 aliphatic heterocycles. The van der Waals surface area contributed by atoms with E-state index in [0.29, 0.717) is 6.61 Å². The molecule has 4 nitrogen and oxygen atoms in total. The highest BCUT2D eigenvalue weighted by atomic mass is 16.7. The van der Waals surface area contributed by atoms with Crippen molar-refractivity contribution in [2.75, 3.05) is 13.7 Å². The Morgan fingerprint density at radius 1 is 1.20 bits per heavy atom. The van der Waals surface area contributed by atoms with E-state index in [-0.39, 0.29) is 6.61 Å². The Morgan fingerprint density at radius 3 is 2.40 bits per heavy atom. The summed E-state index contributed by atoms with van der Waals surface area (Å²) in [7, 11) is 1.60. The number of carbonyl (C=O) groups excluding carboxylic acids is 1. The van der Waals surface area contributed by atoms with Crippen LogP contribution in [-0.4, -0.2) is 19.9 Å². The first-order chi connectivity index (χ1) is 7.26. The number of benzene rings is 1. The molecule has 0 heterocycles. The van der Waals surface area contributed by atoms with Crippen molar-refractivity contribution in [2.24, 2.45) is 0 Å². The molecule has 0 N–H and O–H groups in total. The molecule has 0 atom stereocenters. The van der Waals surface area contributed by atoms with Crippen molar-refractivity contribution in [2.45, 2.75) is 13.5 Å². The minimum atomic E-state index is -0.645. The Morgan fingerprint density at radius 2 is 1.87 bits per heavy atom. The van der Waals surface area contributed by atoms with Gasteiger partial charge in [-0.05, 0) is 24.6 Å². The molecule has 0 saturated heterocycles. The van der Waals surface area contributed by atoms with Crippen LogP contribution in [0, 0.1) is 0 Å². The average Bonchev–Trinajstić information content (AvgIpc) is 2.27. The van der Waals surface area contributed by atoms with Crippen LogP contribution in [0.3, 0.4) is 0 Å². The molecule has 0 radical (unpaired) electrons. The summed E-state index contributed by atoms with van der Waals surface area (Å²) in [6, 6.07) is 7.28. The topological polar surface area (TPSA) is 44.8 Å². The standard InChI is InChI=1S/C11H14O4/c1-3-14-11(12)15-8-9-4-6-10(13-2)7-5-9/h4-7H,3,8H2,1-2H3. The second kappa shape index (κ2) is 5.90. The van der Waals surface area contributed by atoms with Crippen LogP contribution in [0.1, 0.15) is 12.5 Å². The van der Waals surface area contributed by atoms with Crippen LogP contribution in [0.25, 0.3) is 0 Å². The summed E-state index contributed by atoms with van der Waals surface area (Å²) < 4.78 is 14.5. The van der Waals surface area contributed by atoms with Crippen LogP contribution in [0.4, 0.5) is 4.79 Å². The molecule has 0 spiro atoms. The second-order valence-electron chi connectivity index (χ2n) is 2.82. The van der Waals surface area contributed by atoms with E-state index in [9.17, 15) is 4.79 Å². The maximum atomic E-state index is 10.9. The monoisotopic (exact) mass is 210 g/mol. The Labute approximate surface area is 88.8 Å². The van der Waals surface area contributed by atoms with Gasteiger partial charge in [-0.1, -0.05) is 12.1 Å². The quantitative estimate of drug-likeness (QED) is 0.715. The fourth-order valence-corrected chi connectivity index (χ4v) is 1.02. The van der Waals surface area contributed by atoms with Gasteiger partial charge in [0.05, 0.1) is 13.7 Å². The highest BCUT2D eigenvalue weighted by molar-refractivity contribution is 5.59. The molecule has 0 amide bonds. The molecule has 0 aromatic heterocycles. The largest absolute Gasteiger partial charge is 0.508 e. The van der Waals surface area contributed by atoms with Crippen molar-refractivity contribution in [3.63, 3.8) is 0 Å². The molecule has 0 bridgehead atoms. The molecule has 0 fully saturated rings. The SMILES string of the molecule is CCOC(=O)OCc1ccc(OC)cc1. The zero-order valence-electron chi connectivity index (χ0n) is 8.86. The van der Waals surface area contributed by atoms with Gasteiger partial charge in [0.1, 0.15) is 12.4 Å². The molecule has 1 aromatic carbocycles. The van der Waals surface area contributed by atoms with Gasteiger partial charge in [-0.25, -0.2) is 4.79 Å². The van der Waals surface area contributed by atoms with Crippen molar-refractivity contribution in [1.82, 2.24) is 0 Å². The smallest absolute Gasteiger partial charge is 0.497 e. The molecule has 0 unspecified atom stereocenters. The molecule has 0 aliphatic rings. The summed E-state index contributed by atoms with van der Waals surface area (Å²) in [6.07, 6.45) is -0.645. The Hall–Kier alpha value is -1.71. The lowest BCUT2D eigenvalue weighted by Crippen LogP contribution is -2.06. The van der Waals surface area contributed by atoms with Crippen molar-refractivity contribution in [3.05, 3.63) is 29.8 Å².